The number of benzene rings is 3. The van der Waals surface area contributed by atoms with Gasteiger partial charge in [0.25, 0.3) is 5.91 Å². The van der Waals surface area contributed by atoms with Crippen LogP contribution in [0.25, 0.3) is 0 Å². The van der Waals surface area contributed by atoms with Crippen LogP contribution in [0.3, 0.4) is 0 Å². The van der Waals surface area contributed by atoms with Crippen LogP contribution in [0, 0.1) is 0 Å². The Morgan fingerprint density at radius 1 is 0.765 bits per heavy atom. The van der Waals surface area contributed by atoms with Gasteiger partial charge in [0.15, 0.2) is 9.84 Å². The van der Waals surface area contributed by atoms with Crippen LogP contribution in [0.15, 0.2) is 88.7 Å². The fraction of sp³-hybridized carbons (Fsp3) is 0.240. The maximum atomic E-state index is 13.1. The summed E-state index contributed by atoms with van der Waals surface area (Å²) in [6.45, 7) is 0.940. The van der Waals surface area contributed by atoms with E-state index in [-0.39, 0.29) is 21.2 Å². The van der Waals surface area contributed by atoms with Gasteiger partial charge in [0.2, 0.25) is 10.0 Å². The highest BCUT2D eigenvalue weighted by atomic mass is 32.2. The number of nitrogens with one attached hydrogen (secondary N) is 1. The largest absolute Gasteiger partial charge is 0.321 e. The van der Waals surface area contributed by atoms with E-state index in [1.54, 1.807) is 60.7 Å². The zero-order chi connectivity index (χ0) is 24.2. The summed E-state index contributed by atoms with van der Waals surface area (Å²) in [7, 11) is -7.22. The van der Waals surface area contributed by atoms with Crippen molar-refractivity contribution in [3.8, 4) is 0 Å². The Morgan fingerprint density at radius 3 is 2.06 bits per heavy atom. The summed E-state index contributed by atoms with van der Waals surface area (Å²) in [5, 5.41) is 2.70. The number of para-hydroxylation sites is 1. The monoisotopic (exact) mass is 498 g/mol. The molecule has 34 heavy (non-hydrogen) atoms. The molecule has 4 rings (SSSR count). The first kappa shape index (κ1) is 24.1. The number of rotatable bonds is 7. The molecule has 0 spiro atoms. The number of sulfone groups is 1. The second kappa shape index (κ2) is 10.1. The quantitative estimate of drug-likeness (QED) is 0.529. The van der Waals surface area contributed by atoms with Gasteiger partial charge in [-0.05, 0) is 54.8 Å². The third-order valence-corrected chi connectivity index (χ3v) is 9.40. The Hall–Kier alpha value is -3.01. The summed E-state index contributed by atoms with van der Waals surface area (Å²) in [6, 6.07) is 20.8. The van der Waals surface area contributed by atoms with Crippen LogP contribution in [0.1, 0.15) is 35.2 Å². The fourth-order valence-electron chi connectivity index (χ4n) is 3.92. The van der Waals surface area contributed by atoms with Gasteiger partial charge in [0.05, 0.1) is 16.3 Å². The molecule has 1 N–H and O–H groups in total. The van der Waals surface area contributed by atoms with E-state index < -0.39 is 25.8 Å². The molecule has 1 fully saturated rings. The molecule has 7 nitrogen and oxygen atoms in total. The molecule has 3 aromatic carbocycles. The molecule has 1 aliphatic heterocycles. The lowest BCUT2D eigenvalue weighted by Crippen LogP contribution is -2.36. The van der Waals surface area contributed by atoms with Gasteiger partial charge in [-0.3, -0.25) is 4.79 Å². The third-order valence-electron chi connectivity index (χ3n) is 5.74. The van der Waals surface area contributed by atoms with E-state index >= 15 is 0 Å². The van der Waals surface area contributed by atoms with Crippen molar-refractivity contribution in [2.75, 3.05) is 18.4 Å². The topological polar surface area (TPSA) is 101 Å². The lowest BCUT2D eigenvalue weighted by molar-refractivity contribution is 0.102. The summed E-state index contributed by atoms with van der Waals surface area (Å²) in [5.74, 6) is -0.658. The molecule has 1 heterocycles. The lowest BCUT2D eigenvalue weighted by atomic mass is 10.1. The van der Waals surface area contributed by atoms with Crippen molar-refractivity contribution in [2.24, 2.45) is 0 Å². The number of nitrogens with zero attached hydrogens (tertiary/aromatic N) is 1. The molecule has 0 aliphatic carbocycles. The first-order chi connectivity index (χ1) is 16.3. The van der Waals surface area contributed by atoms with Crippen molar-refractivity contribution in [1.29, 1.82) is 0 Å². The van der Waals surface area contributed by atoms with Crippen molar-refractivity contribution in [3.63, 3.8) is 0 Å². The molecule has 0 unspecified atom stereocenters. The minimum atomic E-state index is -3.72. The minimum absolute atomic E-state index is 0.0656. The van der Waals surface area contributed by atoms with E-state index in [2.05, 4.69) is 5.32 Å². The minimum Gasteiger partial charge on any atom is -0.321 e. The van der Waals surface area contributed by atoms with Gasteiger partial charge in [-0.2, -0.15) is 4.31 Å². The first-order valence-corrected chi connectivity index (χ1v) is 14.1. The molecule has 0 radical (unpaired) electrons. The van der Waals surface area contributed by atoms with Gasteiger partial charge < -0.3 is 5.32 Å². The maximum Gasteiger partial charge on any atom is 0.255 e. The van der Waals surface area contributed by atoms with Gasteiger partial charge >= 0.3 is 0 Å². The van der Waals surface area contributed by atoms with E-state index in [0.29, 0.717) is 24.2 Å². The summed E-state index contributed by atoms with van der Waals surface area (Å²) < 4.78 is 52.9. The second-order valence-corrected chi connectivity index (χ2v) is 12.1. The Balaban J connectivity index is 1.50. The Kier molecular flexibility index (Phi) is 7.16. The fourth-order valence-corrected chi connectivity index (χ4v) is 6.95. The highest BCUT2D eigenvalue weighted by Crippen LogP contribution is 2.27. The Morgan fingerprint density at radius 2 is 1.38 bits per heavy atom. The number of piperidine rings is 1. The molecule has 1 saturated heterocycles. The van der Waals surface area contributed by atoms with E-state index in [0.717, 1.165) is 19.3 Å². The van der Waals surface area contributed by atoms with Gasteiger partial charge in [-0.25, -0.2) is 16.8 Å². The Bertz CT molecular complexity index is 1360. The van der Waals surface area contributed by atoms with Crippen LogP contribution in [-0.4, -0.2) is 40.1 Å². The number of carbonyl (C=O) groups is 1. The molecule has 3 aromatic rings. The second-order valence-electron chi connectivity index (χ2n) is 8.18. The zero-order valence-electron chi connectivity index (χ0n) is 18.6. The molecule has 178 valence electrons. The predicted octanol–water partition coefficient (Wildman–Crippen LogP) is 4.09. The number of hydrogen-bond acceptors (Lipinski definition) is 5. The maximum absolute atomic E-state index is 13.1. The van der Waals surface area contributed by atoms with Crippen LogP contribution in [0.5, 0.6) is 0 Å². The van der Waals surface area contributed by atoms with Crippen LogP contribution < -0.4 is 5.32 Å². The van der Waals surface area contributed by atoms with Crippen LogP contribution in [-0.2, 0) is 25.6 Å². The van der Waals surface area contributed by atoms with Crippen LogP contribution in [0.2, 0.25) is 0 Å². The number of carbonyl (C=O) groups excluding carboxylic acids is 1. The SMILES string of the molecule is O=C(Nc1ccccc1S(=O)(=O)N1CCCCC1)c1ccc(CS(=O)(=O)c2ccccc2)cc1. The van der Waals surface area contributed by atoms with E-state index in [4.69, 9.17) is 0 Å². The third kappa shape index (κ3) is 5.38. The van der Waals surface area contributed by atoms with Gasteiger partial charge in [0, 0.05) is 18.7 Å². The molecular formula is C25H26N2O5S2. The van der Waals surface area contributed by atoms with E-state index in [9.17, 15) is 21.6 Å². The van der Waals surface area contributed by atoms with Crippen molar-refractivity contribution >= 4 is 31.5 Å². The van der Waals surface area contributed by atoms with Crippen molar-refractivity contribution in [2.45, 2.75) is 34.8 Å². The number of amides is 1. The molecule has 1 aliphatic rings. The molecule has 0 bridgehead atoms. The molecule has 1 amide bonds. The van der Waals surface area contributed by atoms with Crippen molar-refractivity contribution < 1.29 is 21.6 Å². The summed E-state index contributed by atoms with van der Waals surface area (Å²) in [5.41, 5.74) is 1.06. The van der Waals surface area contributed by atoms with Crippen molar-refractivity contribution in [1.82, 2.24) is 4.31 Å². The highest BCUT2D eigenvalue weighted by Gasteiger charge is 2.28. The van der Waals surface area contributed by atoms with Crippen LogP contribution in [0.4, 0.5) is 5.69 Å². The van der Waals surface area contributed by atoms with Gasteiger partial charge in [-0.15, -0.1) is 0 Å². The smallest absolute Gasteiger partial charge is 0.255 e. The first-order valence-electron chi connectivity index (χ1n) is 11.0. The molecular weight excluding hydrogens is 472 g/mol. The molecule has 0 saturated carbocycles. The van der Waals surface area contributed by atoms with E-state index in [1.807, 2.05) is 0 Å². The molecule has 0 aromatic heterocycles. The molecule has 0 atom stereocenters. The summed E-state index contributed by atoms with van der Waals surface area (Å²) >= 11 is 0. The highest BCUT2D eigenvalue weighted by molar-refractivity contribution is 7.90. The zero-order valence-corrected chi connectivity index (χ0v) is 20.2. The lowest BCUT2D eigenvalue weighted by Gasteiger charge is -2.26. The average Bonchev–Trinajstić information content (AvgIpc) is 2.85. The average molecular weight is 499 g/mol. The molecule has 9 heteroatoms. The predicted molar refractivity (Wildman–Crippen MR) is 131 cm³/mol. The van der Waals surface area contributed by atoms with Crippen LogP contribution >= 0.6 is 0 Å². The normalized spacial score (nSPS) is 15.1. The van der Waals surface area contributed by atoms with Crippen molar-refractivity contribution in [3.05, 3.63) is 90.0 Å². The van der Waals surface area contributed by atoms with E-state index in [1.165, 1.54) is 22.5 Å². The summed E-state index contributed by atoms with van der Waals surface area (Å²) in [6.07, 6.45) is 2.65. The standard InChI is InChI=1S/C25H26N2O5S2/c28-25(21-15-13-20(14-16-21)19-33(29,30)22-9-3-1-4-10-22)26-23-11-5-6-12-24(23)34(31,32)27-17-7-2-8-18-27/h1,3-6,9-16H,2,7-8,17-19H2,(H,26,28). The van der Waals surface area contributed by atoms with Gasteiger partial charge in [-0.1, -0.05) is 48.9 Å². The number of anilines is 1. The Labute approximate surface area is 200 Å². The van der Waals surface area contributed by atoms with Gasteiger partial charge in [0.1, 0.15) is 4.90 Å². The number of sulfonamides is 1. The number of hydrogen-bond donors (Lipinski definition) is 1. The summed E-state index contributed by atoms with van der Waals surface area (Å²) in [4.78, 5) is 13.2.